The van der Waals surface area contributed by atoms with Gasteiger partial charge in [-0.1, -0.05) is 46.9 Å². The molecule has 1 aliphatic heterocycles. The van der Waals surface area contributed by atoms with Gasteiger partial charge in [0.25, 0.3) is 5.91 Å². The number of hydrogen-bond acceptors (Lipinski definition) is 4. The topological polar surface area (TPSA) is 50.8 Å². The summed E-state index contributed by atoms with van der Waals surface area (Å²) in [5.41, 5.74) is 3.22. The largest absolute Gasteiger partial charge is 0.481 e. The predicted octanol–water partition coefficient (Wildman–Crippen LogP) is 5.11. The minimum atomic E-state index is -0.302. The summed E-state index contributed by atoms with van der Waals surface area (Å²) < 4.78 is 11.0. The molecule has 0 radical (unpaired) electrons. The van der Waals surface area contributed by atoms with Crippen LogP contribution >= 0.6 is 34.8 Å². The van der Waals surface area contributed by atoms with Gasteiger partial charge < -0.3 is 14.8 Å². The predicted molar refractivity (Wildman–Crippen MR) is 118 cm³/mol. The second kappa shape index (κ2) is 10.0. The molecule has 2 aromatic carbocycles. The smallest absolute Gasteiger partial charge is 0.262 e. The molecule has 3 rings (SSSR count). The van der Waals surface area contributed by atoms with Crippen LogP contribution in [-0.2, 0) is 16.1 Å². The van der Waals surface area contributed by atoms with Gasteiger partial charge in [0.15, 0.2) is 12.4 Å². The van der Waals surface area contributed by atoms with Gasteiger partial charge in [-0.2, -0.15) is 0 Å². The summed E-state index contributed by atoms with van der Waals surface area (Å²) in [5, 5.41) is 3.93. The Balaban J connectivity index is 1.56. The summed E-state index contributed by atoms with van der Waals surface area (Å²) in [6.45, 7) is 7.63. The van der Waals surface area contributed by atoms with Crippen molar-refractivity contribution in [2.24, 2.45) is 0 Å². The van der Waals surface area contributed by atoms with E-state index in [1.165, 1.54) is 5.56 Å². The molecule has 1 N–H and O–H groups in total. The maximum absolute atomic E-state index is 12.3. The molecule has 1 amide bonds. The van der Waals surface area contributed by atoms with Crippen molar-refractivity contribution < 1.29 is 14.3 Å². The highest BCUT2D eigenvalue weighted by molar-refractivity contribution is 6.42. The number of carbonyl (C=O) groups excluding carboxylic acids is 1. The lowest BCUT2D eigenvalue weighted by Gasteiger charge is -2.26. The molecule has 1 aliphatic rings. The van der Waals surface area contributed by atoms with Crippen LogP contribution in [-0.4, -0.2) is 43.7 Å². The molecular weight excluding hydrogens is 435 g/mol. The Kier molecular flexibility index (Phi) is 7.66. The molecule has 0 unspecified atom stereocenters. The van der Waals surface area contributed by atoms with Crippen LogP contribution in [0.25, 0.3) is 0 Å². The third-order valence-corrected chi connectivity index (χ3v) is 6.29. The summed E-state index contributed by atoms with van der Waals surface area (Å²) in [4.78, 5) is 14.6. The van der Waals surface area contributed by atoms with E-state index in [0.29, 0.717) is 31.9 Å². The van der Waals surface area contributed by atoms with Crippen LogP contribution in [0, 0.1) is 13.8 Å². The Morgan fingerprint density at radius 2 is 1.62 bits per heavy atom. The molecule has 8 heteroatoms. The second-order valence-corrected chi connectivity index (χ2v) is 8.08. The van der Waals surface area contributed by atoms with Crippen LogP contribution in [0.15, 0.2) is 24.3 Å². The molecule has 1 saturated heterocycles. The summed E-state index contributed by atoms with van der Waals surface area (Å²) in [5.74, 6) is -0.0351. The number of rotatable bonds is 6. The molecule has 0 aliphatic carbocycles. The van der Waals surface area contributed by atoms with Gasteiger partial charge in [-0.3, -0.25) is 9.69 Å². The molecule has 1 fully saturated rings. The van der Waals surface area contributed by atoms with E-state index < -0.39 is 0 Å². The number of benzene rings is 2. The molecule has 29 heavy (non-hydrogen) atoms. The van der Waals surface area contributed by atoms with Crippen LogP contribution in [0.4, 0.5) is 5.69 Å². The van der Waals surface area contributed by atoms with Crippen molar-refractivity contribution in [1.82, 2.24) is 4.90 Å². The number of hydrogen-bond donors (Lipinski definition) is 1. The fourth-order valence-electron chi connectivity index (χ4n) is 3.08. The fraction of sp³-hybridized carbons (Fsp3) is 0.381. The molecule has 2 aromatic rings. The SMILES string of the molecule is Cc1c(Cl)c(C)c(Cl)c(OCC(=O)Nc2ccc(CN3CCOCC3)cc2)c1Cl. The highest BCUT2D eigenvalue weighted by Gasteiger charge is 2.18. The number of amides is 1. The van der Waals surface area contributed by atoms with Gasteiger partial charge in [0.05, 0.1) is 23.3 Å². The van der Waals surface area contributed by atoms with Crippen molar-refractivity contribution in [3.8, 4) is 5.75 Å². The van der Waals surface area contributed by atoms with Crippen LogP contribution in [0.2, 0.25) is 15.1 Å². The minimum absolute atomic E-state index is 0.213. The van der Waals surface area contributed by atoms with Crippen molar-refractivity contribution in [3.05, 3.63) is 56.0 Å². The standard InChI is InChI=1S/C21H23Cl3N2O3/c1-13-18(22)14(2)20(24)21(19(13)23)29-12-17(27)25-16-5-3-15(4-6-16)11-26-7-9-28-10-8-26/h3-6H,7-12H2,1-2H3,(H,25,27). The van der Waals surface area contributed by atoms with Crippen molar-refractivity contribution in [3.63, 3.8) is 0 Å². The highest BCUT2D eigenvalue weighted by atomic mass is 35.5. The van der Waals surface area contributed by atoms with Crippen LogP contribution in [0.5, 0.6) is 5.75 Å². The zero-order chi connectivity index (χ0) is 21.0. The first-order valence-electron chi connectivity index (χ1n) is 9.32. The fourth-order valence-corrected chi connectivity index (χ4v) is 3.90. The van der Waals surface area contributed by atoms with Crippen molar-refractivity contribution in [2.45, 2.75) is 20.4 Å². The first kappa shape index (κ1) is 22.2. The first-order valence-corrected chi connectivity index (χ1v) is 10.5. The maximum Gasteiger partial charge on any atom is 0.262 e. The van der Waals surface area contributed by atoms with Gasteiger partial charge in [0.1, 0.15) is 0 Å². The average Bonchev–Trinajstić information content (AvgIpc) is 2.73. The quantitative estimate of drug-likeness (QED) is 0.654. The molecule has 5 nitrogen and oxygen atoms in total. The monoisotopic (exact) mass is 456 g/mol. The van der Waals surface area contributed by atoms with E-state index in [1.807, 2.05) is 24.3 Å². The molecule has 1 heterocycles. The number of nitrogens with one attached hydrogen (secondary N) is 1. The number of nitrogens with zero attached hydrogens (tertiary/aromatic N) is 1. The van der Waals surface area contributed by atoms with E-state index in [1.54, 1.807) is 13.8 Å². The van der Waals surface area contributed by atoms with E-state index in [2.05, 4.69) is 10.2 Å². The van der Waals surface area contributed by atoms with Crippen LogP contribution in [0.3, 0.4) is 0 Å². The van der Waals surface area contributed by atoms with Crippen molar-refractivity contribution >= 4 is 46.4 Å². The number of anilines is 1. The molecule has 0 aromatic heterocycles. The third-order valence-electron chi connectivity index (χ3n) is 4.81. The lowest BCUT2D eigenvalue weighted by Crippen LogP contribution is -2.35. The Hall–Kier alpha value is -1.50. The summed E-state index contributed by atoms with van der Waals surface area (Å²) in [7, 11) is 0. The second-order valence-electron chi connectivity index (χ2n) is 6.94. The number of halogens is 3. The molecular formula is C21H23Cl3N2O3. The Morgan fingerprint density at radius 3 is 2.21 bits per heavy atom. The summed E-state index contributed by atoms with van der Waals surface area (Å²) >= 11 is 18.8. The van der Waals surface area contributed by atoms with E-state index in [9.17, 15) is 4.79 Å². The zero-order valence-electron chi connectivity index (χ0n) is 16.4. The zero-order valence-corrected chi connectivity index (χ0v) is 18.6. The summed E-state index contributed by atoms with van der Waals surface area (Å²) in [6, 6.07) is 7.77. The number of morpholine rings is 1. The summed E-state index contributed by atoms with van der Waals surface area (Å²) in [6.07, 6.45) is 0. The van der Waals surface area contributed by atoms with Gasteiger partial charge in [-0.05, 0) is 42.7 Å². The van der Waals surface area contributed by atoms with Crippen molar-refractivity contribution in [1.29, 1.82) is 0 Å². The van der Waals surface area contributed by atoms with Crippen LogP contribution < -0.4 is 10.1 Å². The average molecular weight is 458 g/mol. The van der Waals surface area contributed by atoms with E-state index in [0.717, 1.165) is 32.8 Å². The lowest BCUT2D eigenvalue weighted by molar-refractivity contribution is -0.118. The normalized spacial score (nSPS) is 14.7. The van der Waals surface area contributed by atoms with E-state index in [-0.39, 0.29) is 18.3 Å². The van der Waals surface area contributed by atoms with E-state index >= 15 is 0 Å². The molecule has 0 saturated carbocycles. The maximum atomic E-state index is 12.3. The molecule has 0 bridgehead atoms. The van der Waals surface area contributed by atoms with Gasteiger partial charge >= 0.3 is 0 Å². The van der Waals surface area contributed by atoms with Crippen LogP contribution in [0.1, 0.15) is 16.7 Å². The van der Waals surface area contributed by atoms with Gasteiger partial charge in [0, 0.05) is 30.3 Å². The molecule has 156 valence electrons. The Morgan fingerprint density at radius 1 is 1.03 bits per heavy atom. The molecule has 0 atom stereocenters. The Bertz CT molecular complexity index is 853. The molecule has 0 spiro atoms. The number of ether oxygens (including phenoxy) is 2. The first-order chi connectivity index (χ1) is 13.9. The van der Waals surface area contributed by atoms with Gasteiger partial charge in [-0.25, -0.2) is 0 Å². The highest BCUT2D eigenvalue weighted by Crippen LogP contribution is 2.42. The van der Waals surface area contributed by atoms with Gasteiger partial charge in [-0.15, -0.1) is 0 Å². The Labute approximate surface area is 185 Å². The number of carbonyl (C=O) groups is 1. The van der Waals surface area contributed by atoms with E-state index in [4.69, 9.17) is 44.3 Å². The lowest BCUT2D eigenvalue weighted by atomic mass is 10.1. The third kappa shape index (κ3) is 5.56. The minimum Gasteiger partial charge on any atom is -0.481 e. The van der Waals surface area contributed by atoms with Gasteiger partial charge in [0.2, 0.25) is 0 Å². The van der Waals surface area contributed by atoms with Crippen molar-refractivity contribution in [2.75, 3.05) is 38.2 Å².